The van der Waals surface area contributed by atoms with E-state index in [1.807, 2.05) is 0 Å². The molecule has 19 heavy (non-hydrogen) atoms. The van der Waals surface area contributed by atoms with Crippen molar-refractivity contribution in [2.75, 3.05) is 13.2 Å². The maximum atomic E-state index is 11.3. The van der Waals surface area contributed by atoms with Gasteiger partial charge in [0.25, 0.3) is 5.69 Å². The molecule has 0 aliphatic carbocycles. The largest absolute Gasteiger partial charge is 0.490 e. The number of ether oxygens (including phenoxy) is 2. The van der Waals surface area contributed by atoms with Crippen molar-refractivity contribution in [3.63, 3.8) is 0 Å². The molecule has 0 aromatic heterocycles. The molecule has 1 aliphatic heterocycles. The maximum Gasteiger partial charge on any atom is 0.283 e. The first-order chi connectivity index (χ1) is 9.08. The number of nitro groups is 1. The van der Waals surface area contributed by atoms with E-state index in [0.29, 0.717) is 19.0 Å². The third-order valence-corrected chi connectivity index (χ3v) is 3.02. The molecule has 0 saturated carbocycles. The summed E-state index contributed by atoms with van der Waals surface area (Å²) in [6.45, 7) is 2.58. The number of benzene rings is 1. The number of hydrogen-bond donors (Lipinski definition) is 0. The molecule has 6 heteroatoms. The molecule has 2 rings (SSSR count). The zero-order chi connectivity index (χ0) is 13.8. The van der Waals surface area contributed by atoms with Crippen LogP contribution in [0.3, 0.4) is 0 Å². The van der Waals surface area contributed by atoms with E-state index in [-0.39, 0.29) is 23.1 Å². The highest BCUT2D eigenvalue weighted by atomic mass is 16.6. The highest BCUT2D eigenvalue weighted by Gasteiger charge is 2.20. The minimum Gasteiger partial charge on any atom is -0.490 e. The van der Waals surface area contributed by atoms with Gasteiger partial charge in [-0.1, -0.05) is 0 Å². The quantitative estimate of drug-likeness (QED) is 0.474. The summed E-state index contributed by atoms with van der Waals surface area (Å²) in [6.07, 6.45) is 1.54. The normalized spacial score (nSPS) is 16.1. The Morgan fingerprint density at radius 3 is 2.68 bits per heavy atom. The summed E-state index contributed by atoms with van der Waals surface area (Å²) in [6, 6.07) is 4.35. The molecule has 1 saturated heterocycles. The van der Waals surface area contributed by atoms with Gasteiger partial charge >= 0.3 is 0 Å². The van der Waals surface area contributed by atoms with Crippen LogP contribution in [0.25, 0.3) is 0 Å². The van der Waals surface area contributed by atoms with Gasteiger partial charge in [0.05, 0.1) is 29.8 Å². The van der Waals surface area contributed by atoms with E-state index in [2.05, 4.69) is 0 Å². The van der Waals surface area contributed by atoms with Crippen LogP contribution in [0.2, 0.25) is 0 Å². The van der Waals surface area contributed by atoms with Gasteiger partial charge in [-0.05, 0) is 19.1 Å². The monoisotopic (exact) mass is 265 g/mol. The summed E-state index contributed by atoms with van der Waals surface area (Å²) in [7, 11) is 0. The zero-order valence-corrected chi connectivity index (χ0v) is 10.6. The number of ketones is 1. The standard InChI is InChI=1S/C13H15NO5/c1-9(15)12-3-2-11(8-13(12)14(16)17)19-10-4-6-18-7-5-10/h2-3,8,10H,4-7H2,1H3. The Kier molecular flexibility index (Phi) is 4.11. The van der Waals surface area contributed by atoms with Gasteiger partial charge in [-0.3, -0.25) is 14.9 Å². The number of carbonyl (C=O) groups is 1. The second kappa shape index (κ2) is 5.79. The van der Waals surface area contributed by atoms with Crippen LogP contribution < -0.4 is 4.74 Å². The predicted octanol–water partition coefficient (Wildman–Crippen LogP) is 2.36. The summed E-state index contributed by atoms with van der Waals surface area (Å²) in [5, 5.41) is 10.9. The molecule has 0 amide bonds. The summed E-state index contributed by atoms with van der Waals surface area (Å²) < 4.78 is 10.9. The van der Waals surface area contributed by atoms with E-state index in [0.717, 1.165) is 12.8 Å². The Bertz CT molecular complexity index is 494. The number of carbonyl (C=O) groups excluding carboxylic acids is 1. The summed E-state index contributed by atoms with van der Waals surface area (Å²) in [5.74, 6) is 0.0907. The first-order valence-corrected chi connectivity index (χ1v) is 6.11. The van der Waals surface area contributed by atoms with Gasteiger partial charge in [0.1, 0.15) is 11.9 Å². The molecule has 1 heterocycles. The highest BCUT2D eigenvalue weighted by molar-refractivity contribution is 5.98. The van der Waals surface area contributed by atoms with E-state index >= 15 is 0 Å². The van der Waals surface area contributed by atoms with Crippen LogP contribution in [-0.2, 0) is 4.74 Å². The first-order valence-electron chi connectivity index (χ1n) is 6.11. The molecule has 0 bridgehead atoms. The lowest BCUT2D eigenvalue weighted by atomic mass is 10.1. The van der Waals surface area contributed by atoms with Gasteiger partial charge in [0.2, 0.25) is 0 Å². The molecule has 0 unspecified atom stereocenters. The fraction of sp³-hybridized carbons (Fsp3) is 0.462. The lowest BCUT2D eigenvalue weighted by Gasteiger charge is -2.23. The van der Waals surface area contributed by atoms with Crippen LogP contribution in [0.5, 0.6) is 5.75 Å². The van der Waals surface area contributed by atoms with Gasteiger partial charge in [-0.25, -0.2) is 0 Å². The van der Waals surface area contributed by atoms with Crippen molar-refractivity contribution in [1.29, 1.82) is 0 Å². The molecule has 1 aliphatic rings. The molecule has 0 spiro atoms. The summed E-state index contributed by atoms with van der Waals surface area (Å²) >= 11 is 0. The number of rotatable bonds is 4. The van der Waals surface area contributed by atoms with Gasteiger partial charge < -0.3 is 9.47 Å². The van der Waals surface area contributed by atoms with Crippen molar-refractivity contribution in [1.82, 2.24) is 0 Å². The molecular weight excluding hydrogens is 250 g/mol. The van der Waals surface area contributed by atoms with E-state index in [1.165, 1.54) is 19.1 Å². The fourth-order valence-electron chi connectivity index (χ4n) is 2.02. The van der Waals surface area contributed by atoms with Crippen molar-refractivity contribution in [2.45, 2.75) is 25.9 Å². The molecule has 1 fully saturated rings. The summed E-state index contributed by atoms with van der Waals surface area (Å²) in [5.41, 5.74) is -0.110. The highest BCUT2D eigenvalue weighted by Crippen LogP contribution is 2.27. The lowest BCUT2D eigenvalue weighted by molar-refractivity contribution is -0.385. The van der Waals surface area contributed by atoms with Crippen LogP contribution >= 0.6 is 0 Å². The van der Waals surface area contributed by atoms with E-state index in [4.69, 9.17) is 9.47 Å². The number of hydrogen-bond acceptors (Lipinski definition) is 5. The first kappa shape index (κ1) is 13.5. The lowest BCUT2D eigenvalue weighted by Crippen LogP contribution is -2.25. The average Bonchev–Trinajstić information content (AvgIpc) is 2.39. The Morgan fingerprint density at radius 2 is 2.11 bits per heavy atom. The predicted molar refractivity (Wildman–Crippen MR) is 67.6 cm³/mol. The Morgan fingerprint density at radius 1 is 1.42 bits per heavy atom. The van der Waals surface area contributed by atoms with E-state index < -0.39 is 4.92 Å². The number of nitro benzene ring substituents is 1. The Labute approximate surface area is 110 Å². The van der Waals surface area contributed by atoms with Crippen LogP contribution in [-0.4, -0.2) is 30.0 Å². The van der Waals surface area contributed by atoms with Gasteiger partial charge in [-0.15, -0.1) is 0 Å². The molecule has 1 aromatic rings. The zero-order valence-electron chi connectivity index (χ0n) is 10.6. The molecular formula is C13H15NO5. The molecule has 0 N–H and O–H groups in total. The van der Waals surface area contributed by atoms with Crippen molar-refractivity contribution in [2.24, 2.45) is 0 Å². The second-order valence-electron chi connectivity index (χ2n) is 4.42. The smallest absolute Gasteiger partial charge is 0.283 e. The fourth-order valence-corrected chi connectivity index (χ4v) is 2.02. The van der Waals surface area contributed by atoms with Crippen LogP contribution in [0.15, 0.2) is 18.2 Å². The molecule has 6 nitrogen and oxygen atoms in total. The van der Waals surface area contributed by atoms with Crippen LogP contribution in [0.4, 0.5) is 5.69 Å². The number of Topliss-reactive ketones (excluding diaryl/α,β-unsaturated/α-hetero) is 1. The third kappa shape index (κ3) is 3.29. The van der Waals surface area contributed by atoms with Crippen LogP contribution in [0, 0.1) is 10.1 Å². The third-order valence-electron chi connectivity index (χ3n) is 3.02. The topological polar surface area (TPSA) is 78.7 Å². The van der Waals surface area contributed by atoms with Crippen molar-refractivity contribution < 1.29 is 19.2 Å². The van der Waals surface area contributed by atoms with Gasteiger partial charge in [0.15, 0.2) is 5.78 Å². The number of nitrogens with zero attached hydrogens (tertiary/aromatic N) is 1. The van der Waals surface area contributed by atoms with Gasteiger partial charge in [-0.2, -0.15) is 0 Å². The minimum atomic E-state index is -0.562. The molecule has 0 atom stereocenters. The molecule has 0 radical (unpaired) electrons. The summed E-state index contributed by atoms with van der Waals surface area (Å²) in [4.78, 5) is 21.7. The average molecular weight is 265 g/mol. The minimum absolute atomic E-state index is 0.0107. The molecule has 102 valence electrons. The van der Waals surface area contributed by atoms with Gasteiger partial charge in [0, 0.05) is 12.8 Å². The second-order valence-corrected chi connectivity index (χ2v) is 4.42. The van der Waals surface area contributed by atoms with E-state index in [1.54, 1.807) is 6.07 Å². The SMILES string of the molecule is CC(=O)c1ccc(OC2CCOCC2)cc1[N+](=O)[O-]. The Hall–Kier alpha value is -1.95. The maximum absolute atomic E-state index is 11.3. The molecule has 1 aromatic carbocycles. The van der Waals surface area contributed by atoms with Crippen LogP contribution in [0.1, 0.15) is 30.1 Å². The Balaban J connectivity index is 2.20. The van der Waals surface area contributed by atoms with Crippen molar-refractivity contribution >= 4 is 11.5 Å². The van der Waals surface area contributed by atoms with E-state index in [9.17, 15) is 14.9 Å². The van der Waals surface area contributed by atoms with Crippen molar-refractivity contribution in [3.05, 3.63) is 33.9 Å². The van der Waals surface area contributed by atoms with Crippen molar-refractivity contribution in [3.8, 4) is 5.75 Å².